The van der Waals surface area contributed by atoms with Crippen LogP contribution in [0.5, 0.6) is 0 Å². The lowest BCUT2D eigenvalue weighted by Crippen LogP contribution is -2.10. The van der Waals surface area contributed by atoms with Gasteiger partial charge in [-0.25, -0.2) is 0 Å². The molecule has 0 amide bonds. The number of thiophene rings is 2. The first-order valence-electron chi connectivity index (χ1n) is 17.6. The van der Waals surface area contributed by atoms with Gasteiger partial charge in [0.2, 0.25) is 0 Å². The predicted octanol–water partition coefficient (Wildman–Crippen LogP) is 14.7. The van der Waals surface area contributed by atoms with Crippen LogP contribution in [0, 0.1) is 0 Å². The number of nitrogens with zero attached hydrogens (tertiary/aromatic N) is 2. The standard InChI is InChI=1S/C48H30N2S2/c1-6-23-40(50-41-24-7-2-17-34(41)35-18-3-8-25-42(35)50)33(16-1)31-14-11-15-32(30-31)49(43-26-12-21-38-36-19-4-9-28-45(36)51-47(38)43)44-27-13-22-39-37-20-5-10-29-46(37)52-48(39)44/h1-30H. The summed E-state index contributed by atoms with van der Waals surface area (Å²) < 4.78 is 7.62. The van der Waals surface area contributed by atoms with Crippen molar-refractivity contribution >= 4 is 102 Å². The van der Waals surface area contributed by atoms with E-state index in [1.807, 2.05) is 22.7 Å². The molecule has 2 nitrogen and oxygen atoms in total. The number of hydrogen-bond donors (Lipinski definition) is 0. The molecule has 3 heterocycles. The number of aromatic nitrogens is 1. The maximum Gasteiger partial charge on any atom is 0.0640 e. The summed E-state index contributed by atoms with van der Waals surface area (Å²) in [5, 5.41) is 7.72. The largest absolute Gasteiger partial charge is 0.309 e. The van der Waals surface area contributed by atoms with Gasteiger partial charge in [0, 0.05) is 53.0 Å². The summed E-state index contributed by atoms with van der Waals surface area (Å²) >= 11 is 3.76. The summed E-state index contributed by atoms with van der Waals surface area (Å²) in [7, 11) is 0. The molecule has 0 saturated heterocycles. The second-order valence-corrected chi connectivity index (χ2v) is 15.4. The maximum atomic E-state index is 2.50. The minimum absolute atomic E-state index is 1.13. The van der Waals surface area contributed by atoms with Gasteiger partial charge in [-0.05, 0) is 60.2 Å². The summed E-state index contributed by atoms with van der Waals surface area (Å²) in [4.78, 5) is 2.50. The third kappa shape index (κ3) is 4.42. The Labute approximate surface area is 308 Å². The first kappa shape index (κ1) is 29.5. The van der Waals surface area contributed by atoms with Crippen LogP contribution in [-0.2, 0) is 0 Å². The van der Waals surface area contributed by atoms with Crippen molar-refractivity contribution in [3.8, 4) is 16.8 Å². The van der Waals surface area contributed by atoms with E-state index in [1.165, 1.54) is 90.3 Å². The van der Waals surface area contributed by atoms with E-state index in [1.54, 1.807) is 0 Å². The average Bonchev–Trinajstić information content (AvgIpc) is 3.89. The number of anilines is 3. The van der Waals surface area contributed by atoms with Crippen LogP contribution in [-0.4, -0.2) is 4.57 Å². The summed E-state index contributed by atoms with van der Waals surface area (Å²) in [6, 6.07) is 66.6. The summed E-state index contributed by atoms with van der Waals surface area (Å²) in [6.45, 7) is 0. The van der Waals surface area contributed by atoms with Gasteiger partial charge >= 0.3 is 0 Å². The van der Waals surface area contributed by atoms with E-state index in [9.17, 15) is 0 Å². The van der Waals surface area contributed by atoms with E-state index in [-0.39, 0.29) is 0 Å². The zero-order chi connectivity index (χ0) is 34.2. The quantitative estimate of drug-likeness (QED) is 0.174. The number of para-hydroxylation sites is 3. The molecule has 0 unspecified atom stereocenters. The lowest BCUT2D eigenvalue weighted by atomic mass is 10.0. The Morgan fingerprint density at radius 1 is 0.385 bits per heavy atom. The fraction of sp³-hybridized carbons (Fsp3) is 0. The molecule has 4 heteroatoms. The molecule has 244 valence electrons. The van der Waals surface area contributed by atoms with Crippen LogP contribution in [0.15, 0.2) is 182 Å². The Balaban J connectivity index is 1.17. The van der Waals surface area contributed by atoms with Crippen molar-refractivity contribution in [2.45, 2.75) is 0 Å². The Bertz CT molecular complexity index is 2990. The Hall–Kier alpha value is -6.20. The van der Waals surface area contributed by atoms with Gasteiger partial charge in [0.25, 0.3) is 0 Å². The third-order valence-electron chi connectivity index (χ3n) is 10.4. The highest BCUT2D eigenvalue weighted by molar-refractivity contribution is 7.27. The Morgan fingerprint density at radius 3 is 1.48 bits per heavy atom. The molecule has 0 spiro atoms. The molecular formula is C48H30N2S2. The lowest BCUT2D eigenvalue weighted by molar-refractivity contribution is 1.18. The average molecular weight is 699 g/mol. The van der Waals surface area contributed by atoms with Crippen molar-refractivity contribution in [1.29, 1.82) is 0 Å². The van der Waals surface area contributed by atoms with E-state index in [0.29, 0.717) is 0 Å². The van der Waals surface area contributed by atoms with Gasteiger partial charge in [-0.3, -0.25) is 0 Å². The van der Waals surface area contributed by atoms with Gasteiger partial charge in [0.05, 0.1) is 37.5 Å². The van der Waals surface area contributed by atoms with Crippen LogP contribution < -0.4 is 4.90 Å². The highest BCUT2D eigenvalue weighted by Gasteiger charge is 2.22. The Morgan fingerprint density at radius 2 is 0.865 bits per heavy atom. The molecule has 0 aliphatic rings. The lowest BCUT2D eigenvalue weighted by Gasteiger charge is -2.27. The molecule has 0 fully saturated rings. The van der Waals surface area contributed by atoms with Crippen molar-refractivity contribution in [3.63, 3.8) is 0 Å². The molecule has 11 aromatic rings. The zero-order valence-electron chi connectivity index (χ0n) is 28.0. The van der Waals surface area contributed by atoms with Crippen molar-refractivity contribution in [3.05, 3.63) is 182 Å². The highest BCUT2D eigenvalue weighted by Crippen LogP contribution is 2.49. The van der Waals surface area contributed by atoms with Gasteiger partial charge in [-0.15, -0.1) is 22.7 Å². The van der Waals surface area contributed by atoms with Crippen LogP contribution >= 0.6 is 22.7 Å². The van der Waals surface area contributed by atoms with Gasteiger partial charge in [0.15, 0.2) is 0 Å². The number of hydrogen-bond acceptors (Lipinski definition) is 3. The number of rotatable bonds is 5. The first-order chi connectivity index (χ1) is 25.8. The summed E-state index contributed by atoms with van der Waals surface area (Å²) in [5.74, 6) is 0. The molecule has 11 rings (SSSR count). The topological polar surface area (TPSA) is 8.17 Å². The van der Waals surface area contributed by atoms with Crippen LogP contribution in [0.2, 0.25) is 0 Å². The second-order valence-electron chi connectivity index (χ2n) is 13.3. The molecule has 0 aliphatic carbocycles. The monoisotopic (exact) mass is 698 g/mol. The molecule has 0 saturated carbocycles. The minimum Gasteiger partial charge on any atom is -0.309 e. The molecule has 0 radical (unpaired) electrons. The van der Waals surface area contributed by atoms with Gasteiger partial charge < -0.3 is 9.47 Å². The van der Waals surface area contributed by atoms with Gasteiger partial charge in [-0.2, -0.15) is 0 Å². The van der Waals surface area contributed by atoms with Crippen molar-refractivity contribution in [2.75, 3.05) is 4.90 Å². The molecule has 0 aliphatic heterocycles. The smallest absolute Gasteiger partial charge is 0.0640 e. The van der Waals surface area contributed by atoms with E-state index >= 15 is 0 Å². The van der Waals surface area contributed by atoms with Crippen LogP contribution in [0.25, 0.3) is 79.0 Å². The molecule has 0 bridgehead atoms. The number of benzene rings is 8. The fourth-order valence-electron chi connectivity index (χ4n) is 8.13. The minimum atomic E-state index is 1.13. The van der Waals surface area contributed by atoms with E-state index in [0.717, 1.165) is 5.69 Å². The molecular weight excluding hydrogens is 669 g/mol. The zero-order valence-corrected chi connectivity index (χ0v) is 29.7. The SMILES string of the molecule is c1cc(-c2ccccc2-n2c3ccccc3c3ccccc32)cc(N(c2cccc3c2sc2ccccc23)c2cccc3c2sc2ccccc23)c1. The highest BCUT2D eigenvalue weighted by atomic mass is 32.1. The van der Waals surface area contributed by atoms with E-state index in [2.05, 4.69) is 191 Å². The molecule has 0 N–H and O–H groups in total. The molecule has 52 heavy (non-hydrogen) atoms. The van der Waals surface area contributed by atoms with Crippen molar-refractivity contribution < 1.29 is 0 Å². The summed E-state index contributed by atoms with van der Waals surface area (Å²) in [6.07, 6.45) is 0. The molecule has 0 atom stereocenters. The van der Waals surface area contributed by atoms with Gasteiger partial charge in [0.1, 0.15) is 0 Å². The Kier molecular flexibility index (Phi) is 6.63. The third-order valence-corrected chi connectivity index (χ3v) is 12.8. The second kappa shape index (κ2) is 11.7. The van der Waals surface area contributed by atoms with E-state index in [4.69, 9.17) is 0 Å². The number of fused-ring (bicyclic) bond motifs is 9. The van der Waals surface area contributed by atoms with Crippen molar-refractivity contribution in [2.24, 2.45) is 0 Å². The predicted molar refractivity (Wildman–Crippen MR) is 227 cm³/mol. The van der Waals surface area contributed by atoms with Gasteiger partial charge in [-0.1, -0.05) is 127 Å². The normalized spacial score (nSPS) is 11.8. The van der Waals surface area contributed by atoms with Crippen LogP contribution in [0.1, 0.15) is 0 Å². The molecule has 8 aromatic carbocycles. The molecule has 3 aromatic heterocycles. The van der Waals surface area contributed by atoms with Crippen LogP contribution in [0.4, 0.5) is 17.1 Å². The maximum absolute atomic E-state index is 2.50. The van der Waals surface area contributed by atoms with Crippen LogP contribution in [0.3, 0.4) is 0 Å². The fourth-order valence-corrected chi connectivity index (χ4v) is 10.5. The summed E-state index contributed by atoms with van der Waals surface area (Å²) in [5.41, 5.74) is 9.46. The van der Waals surface area contributed by atoms with E-state index < -0.39 is 0 Å². The first-order valence-corrected chi connectivity index (χ1v) is 19.2. The van der Waals surface area contributed by atoms with Crippen molar-refractivity contribution in [1.82, 2.24) is 4.57 Å².